The molecule has 1 fully saturated rings. The van der Waals surface area contributed by atoms with Gasteiger partial charge in [-0.05, 0) is 43.5 Å². The molecule has 6 nitrogen and oxygen atoms in total. The number of hydrogen-bond acceptors (Lipinski definition) is 4. The Hall–Kier alpha value is -2.12. The molecular weight excluding hydrogens is 318 g/mol. The standard InChI is InChI=1S/C16H17NO5S/c18-16(19)14-7-1-2-9-17(14)23(20,21)13-6-3-5-12(11-13)15-8-4-10-22-15/h3-6,8,10-11,14H,1-2,7,9H2,(H,18,19). The second-order valence-electron chi connectivity index (χ2n) is 5.47. The maximum absolute atomic E-state index is 12.9. The third kappa shape index (κ3) is 3.02. The molecule has 1 N–H and O–H groups in total. The van der Waals surface area contributed by atoms with Crippen LogP contribution in [0.2, 0.25) is 0 Å². The topological polar surface area (TPSA) is 87.8 Å². The zero-order chi connectivity index (χ0) is 16.4. The lowest BCUT2D eigenvalue weighted by Gasteiger charge is -2.31. The van der Waals surface area contributed by atoms with Gasteiger partial charge in [0.25, 0.3) is 0 Å². The monoisotopic (exact) mass is 335 g/mol. The molecule has 1 unspecified atom stereocenters. The molecule has 0 spiro atoms. The van der Waals surface area contributed by atoms with Crippen molar-refractivity contribution in [2.45, 2.75) is 30.2 Å². The molecule has 1 aromatic heterocycles. The summed E-state index contributed by atoms with van der Waals surface area (Å²) in [6.07, 6.45) is 3.24. The Kier molecular flexibility index (Phi) is 4.23. The smallest absolute Gasteiger partial charge is 0.322 e. The van der Waals surface area contributed by atoms with Crippen LogP contribution in [-0.2, 0) is 14.8 Å². The molecule has 1 saturated heterocycles. The first kappa shape index (κ1) is 15.8. The van der Waals surface area contributed by atoms with Gasteiger partial charge in [0, 0.05) is 12.1 Å². The molecule has 1 atom stereocenters. The summed E-state index contributed by atoms with van der Waals surface area (Å²) in [5.41, 5.74) is 0.639. The van der Waals surface area contributed by atoms with E-state index in [0.29, 0.717) is 24.2 Å². The summed E-state index contributed by atoms with van der Waals surface area (Å²) in [5.74, 6) is -0.536. The van der Waals surface area contributed by atoms with E-state index < -0.39 is 22.0 Å². The molecule has 0 amide bonds. The van der Waals surface area contributed by atoms with E-state index >= 15 is 0 Å². The molecular formula is C16H17NO5S. The normalized spacial score (nSPS) is 19.6. The summed E-state index contributed by atoms with van der Waals surface area (Å²) in [6.45, 7) is 0.226. The van der Waals surface area contributed by atoms with Crippen LogP contribution in [0.4, 0.5) is 0 Å². The van der Waals surface area contributed by atoms with Gasteiger partial charge in [0.1, 0.15) is 11.8 Å². The van der Waals surface area contributed by atoms with E-state index in [2.05, 4.69) is 0 Å². The third-order valence-corrected chi connectivity index (χ3v) is 5.89. The number of benzene rings is 1. The molecule has 0 radical (unpaired) electrons. The van der Waals surface area contributed by atoms with Gasteiger partial charge in [0.05, 0.1) is 11.2 Å². The van der Waals surface area contributed by atoms with E-state index in [1.807, 2.05) is 0 Å². The van der Waals surface area contributed by atoms with Crippen molar-refractivity contribution < 1.29 is 22.7 Å². The second-order valence-corrected chi connectivity index (χ2v) is 7.36. The van der Waals surface area contributed by atoms with E-state index in [9.17, 15) is 18.3 Å². The van der Waals surface area contributed by atoms with E-state index in [4.69, 9.17) is 4.42 Å². The van der Waals surface area contributed by atoms with Crippen molar-refractivity contribution in [3.63, 3.8) is 0 Å². The summed E-state index contributed by atoms with van der Waals surface area (Å²) in [5, 5.41) is 9.30. The Morgan fingerprint density at radius 2 is 2.04 bits per heavy atom. The lowest BCUT2D eigenvalue weighted by Crippen LogP contribution is -2.47. The molecule has 0 saturated carbocycles. The van der Waals surface area contributed by atoms with Crippen LogP contribution in [0.15, 0.2) is 52.0 Å². The van der Waals surface area contributed by atoms with Crippen LogP contribution in [0.3, 0.4) is 0 Å². The first-order valence-electron chi connectivity index (χ1n) is 7.39. The van der Waals surface area contributed by atoms with Crippen molar-refractivity contribution in [3.05, 3.63) is 42.7 Å². The summed E-state index contributed by atoms with van der Waals surface area (Å²) in [6, 6.07) is 8.85. The van der Waals surface area contributed by atoms with Crippen molar-refractivity contribution in [1.82, 2.24) is 4.31 Å². The lowest BCUT2D eigenvalue weighted by atomic mass is 10.1. The largest absolute Gasteiger partial charge is 0.480 e. The molecule has 2 aromatic rings. The highest BCUT2D eigenvalue weighted by Crippen LogP contribution is 2.28. The summed E-state index contributed by atoms with van der Waals surface area (Å²) in [4.78, 5) is 11.5. The molecule has 1 aliphatic heterocycles. The number of carboxylic acids is 1. The number of aliphatic carboxylic acids is 1. The fourth-order valence-electron chi connectivity index (χ4n) is 2.83. The van der Waals surface area contributed by atoms with E-state index in [0.717, 1.165) is 10.7 Å². The Morgan fingerprint density at radius 1 is 1.22 bits per heavy atom. The first-order chi connectivity index (χ1) is 11.0. The van der Waals surface area contributed by atoms with Gasteiger partial charge in [-0.2, -0.15) is 4.31 Å². The predicted octanol–water partition coefficient (Wildman–Crippen LogP) is 2.57. The highest BCUT2D eigenvalue weighted by atomic mass is 32.2. The number of furan rings is 1. The molecule has 2 heterocycles. The predicted molar refractivity (Wildman–Crippen MR) is 83.3 cm³/mol. The fourth-order valence-corrected chi connectivity index (χ4v) is 4.52. The number of piperidine rings is 1. The zero-order valence-electron chi connectivity index (χ0n) is 12.4. The molecule has 3 rings (SSSR count). The highest BCUT2D eigenvalue weighted by molar-refractivity contribution is 7.89. The second kappa shape index (κ2) is 6.17. The minimum Gasteiger partial charge on any atom is -0.480 e. The summed E-state index contributed by atoms with van der Waals surface area (Å²) >= 11 is 0. The minimum absolute atomic E-state index is 0.0829. The van der Waals surface area contributed by atoms with Crippen LogP contribution in [0, 0.1) is 0 Å². The maximum Gasteiger partial charge on any atom is 0.322 e. The minimum atomic E-state index is -3.86. The van der Waals surface area contributed by atoms with Crippen LogP contribution >= 0.6 is 0 Å². The van der Waals surface area contributed by atoms with Crippen LogP contribution in [-0.4, -0.2) is 36.4 Å². The Bertz CT molecular complexity index is 798. The molecule has 0 aliphatic carbocycles. The van der Waals surface area contributed by atoms with Crippen LogP contribution in [0.1, 0.15) is 19.3 Å². The van der Waals surface area contributed by atoms with Gasteiger partial charge in [-0.15, -0.1) is 0 Å². The van der Waals surface area contributed by atoms with Crippen molar-refractivity contribution in [3.8, 4) is 11.3 Å². The molecule has 23 heavy (non-hydrogen) atoms. The van der Waals surface area contributed by atoms with Crippen LogP contribution in [0.25, 0.3) is 11.3 Å². The van der Waals surface area contributed by atoms with Gasteiger partial charge in [0.15, 0.2) is 0 Å². The SMILES string of the molecule is O=C(O)C1CCCCN1S(=O)(=O)c1cccc(-c2ccco2)c1. The lowest BCUT2D eigenvalue weighted by molar-refractivity contribution is -0.142. The van der Waals surface area contributed by atoms with Gasteiger partial charge in [0.2, 0.25) is 10.0 Å². The van der Waals surface area contributed by atoms with Crippen molar-refractivity contribution >= 4 is 16.0 Å². The highest BCUT2D eigenvalue weighted by Gasteiger charge is 2.37. The van der Waals surface area contributed by atoms with Gasteiger partial charge < -0.3 is 9.52 Å². The summed E-state index contributed by atoms with van der Waals surface area (Å²) < 4.78 is 32.1. The molecule has 1 aromatic carbocycles. The molecule has 122 valence electrons. The summed E-state index contributed by atoms with van der Waals surface area (Å²) in [7, 11) is -3.86. The number of nitrogens with zero attached hydrogens (tertiary/aromatic N) is 1. The van der Waals surface area contributed by atoms with Crippen molar-refractivity contribution in [2.75, 3.05) is 6.54 Å². The van der Waals surface area contributed by atoms with E-state index in [1.54, 1.807) is 24.3 Å². The Balaban J connectivity index is 1.99. The van der Waals surface area contributed by atoms with E-state index in [-0.39, 0.29) is 11.4 Å². The van der Waals surface area contributed by atoms with Crippen molar-refractivity contribution in [1.29, 1.82) is 0 Å². The van der Waals surface area contributed by atoms with Crippen LogP contribution < -0.4 is 0 Å². The number of sulfonamides is 1. The average molecular weight is 335 g/mol. The molecule has 1 aliphatic rings. The van der Waals surface area contributed by atoms with Gasteiger partial charge in [-0.25, -0.2) is 8.42 Å². The first-order valence-corrected chi connectivity index (χ1v) is 8.83. The maximum atomic E-state index is 12.9. The number of hydrogen-bond donors (Lipinski definition) is 1. The third-order valence-electron chi connectivity index (χ3n) is 3.99. The number of carbonyl (C=O) groups is 1. The fraction of sp³-hybridized carbons (Fsp3) is 0.312. The number of carboxylic acid groups (broad SMARTS) is 1. The Morgan fingerprint density at radius 3 is 2.74 bits per heavy atom. The number of rotatable bonds is 4. The van der Waals surface area contributed by atoms with Crippen molar-refractivity contribution in [2.24, 2.45) is 0 Å². The van der Waals surface area contributed by atoms with E-state index in [1.165, 1.54) is 18.4 Å². The van der Waals surface area contributed by atoms with Gasteiger partial charge >= 0.3 is 5.97 Å². The zero-order valence-corrected chi connectivity index (χ0v) is 13.2. The quantitative estimate of drug-likeness (QED) is 0.928. The molecule has 0 bridgehead atoms. The van der Waals surface area contributed by atoms with Crippen LogP contribution in [0.5, 0.6) is 0 Å². The average Bonchev–Trinajstić information content (AvgIpc) is 3.09. The van der Waals surface area contributed by atoms with Gasteiger partial charge in [-0.3, -0.25) is 4.79 Å². The van der Waals surface area contributed by atoms with Gasteiger partial charge in [-0.1, -0.05) is 12.1 Å². The Labute approximate surface area is 134 Å². The molecule has 7 heteroatoms.